The van der Waals surface area contributed by atoms with Crippen LogP contribution in [0.5, 0.6) is 0 Å². The van der Waals surface area contributed by atoms with Crippen molar-refractivity contribution in [3.8, 4) is 0 Å². The van der Waals surface area contributed by atoms with Gasteiger partial charge in [-0.15, -0.1) is 0 Å². The highest BCUT2D eigenvalue weighted by molar-refractivity contribution is 5.95. The number of carbonyl (C=O) groups is 1. The SMILES string of the molecule is CC1(C)CC(=O)N(c2ccccc2F)C(C)(C)CN1. The highest BCUT2D eigenvalue weighted by Gasteiger charge is 2.40. The number of hydrogen-bond acceptors (Lipinski definition) is 2. The lowest BCUT2D eigenvalue weighted by atomic mass is 10.0. The average Bonchev–Trinajstić information content (AvgIpc) is 2.36. The second-order valence-electron chi connectivity index (χ2n) is 6.41. The molecule has 0 bridgehead atoms. The van der Waals surface area contributed by atoms with Crippen molar-refractivity contribution in [2.24, 2.45) is 0 Å². The smallest absolute Gasteiger partial charge is 0.229 e. The van der Waals surface area contributed by atoms with Crippen LogP contribution in [0.2, 0.25) is 0 Å². The van der Waals surface area contributed by atoms with E-state index in [1.807, 2.05) is 27.7 Å². The van der Waals surface area contributed by atoms with Crippen LogP contribution in [-0.2, 0) is 4.79 Å². The molecule has 1 fully saturated rings. The maximum atomic E-state index is 14.0. The summed E-state index contributed by atoms with van der Waals surface area (Å²) in [5.74, 6) is -0.409. The molecule has 1 aromatic carbocycles. The van der Waals surface area contributed by atoms with Gasteiger partial charge in [0.2, 0.25) is 5.91 Å². The van der Waals surface area contributed by atoms with Crippen LogP contribution < -0.4 is 10.2 Å². The first-order valence-electron chi connectivity index (χ1n) is 6.56. The molecule has 0 spiro atoms. The summed E-state index contributed by atoms with van der Waals surface area (Å²) in [6, 6.07) is 6.44. The van der Waals surface area contributed by atoms with Gasteiger partial charge in [-0.3, -0.25) is 4.79 Å². The molecule has 1 aromatic rings. The highest BCUT2D eigenvalue weighted by atomic mass is 19.1. The first kappa shape index (κ1) is 14.0. The predicted molar refractivity (Wildman–Crippen MR) is 74.7 cm³/mol. The van der Waals surface area contributed by atoms with Crippen LogP contribution in [0.1, 0.15) is 34.1 Å². The normalized spacial score (nSPS) is 22.2. The van der Waals surface area contributed by atoms with Gasteiger partial charge in [-0.05, 0) is 39.8 Å². The van der Waals surface area contributed by atoms with E-state index in [-0.39, 0.29) is 17.3 Å². The second-order valence-corrected chi connectivity index (χ2v) is 6.41. The summed E-state index contributed by atoms with van der Waals surface area (Å²) in [5, 5.41) is 3.38. The Bertz CT molecular complexity index is 497. The Balaban J connectivity index is 2.47. The van der Waals surface area contributed by atoms with Crippen molar-refractivity contribution in [2.75, 3.05) is 11.4 Å². The van der Waals surface area contributed by atoms with Crippen LogP contribution in [0, 0.1) is 5.82 Å². The van der Waals surface area contributed by atoms with E-state index in [0.717, 1.165) is 0 Å². The van der Waals surface area contributed by atoms with Crippen molar-refractivity contribution in [3.63, 3.8) is 0 Å². The third kappa shape index (κ3) is 2.78. The van der Waals surface area contributed by atoms with Gasteiger partial charge in [-0.2, -0.15) is 0 Å². The van der Waals surface area contributed by atoms with Gasteiger partial charge >= 0.3 is 0 Å². The molecule has 0 aliphatic carbocycles. The maximum absolute atomic E-state index is 14.0. The van der Waals surface area contributed by atoms with Gasteiger partial charge in [-0.1, -0.05) is 12.1 Å². The van der Waals surface area contributed by atoms with Crippen molar-refractivity contribution in [3.05, 3.63) is 30.1 Å². The first-order chi connectivity index (χ1) is 8.73. The number of hydrogen-bond donors (Lipinski definition) is 1. The monoisotopic (exact) mass is 264 g/mol. The molecule has 3 nitrogen and oxygen atoms in total. The fourth-order valence-electron chi connectivity index (χ4n) is 2.49. The zero-order chi connectivity index (χ0) is 14.3. The van der Waals surface area contributed by atoms with E-state index < -0.39 is 5.54 Å². The van der Waals surface area contributed by atoms with Gasteiger partial charge in [0.25, 0.3) is 0 Å². The predicted octanol–water partition coefficient (Wildman–Crippen LogP) is 2.71. The molecule has 1 aliphatic heterocycles. The van der Waals surface area contributed by atoms with Crippen molar-refractivity contribution >= 4 is 11.6 Å². The highest BCUT2D eigenvalue weighted by Crippen LogP contribution is 2.31. The van der Waals surface area contributed by atoms with Gasteiger partial charge in [0.05, 0.1) is 11.2 Å². The van der Waals surface area contributed by atoms with Gasteiger partial charge in [0, 0.05) is 18.5 Å². The van der Waals surface area contributed by atoms with Crippen LogP contribution in [0.3, 0.4) is 0 Å². The summed E-state index contributed by atoms with van der Waals surface area (Å²) in [6.07, 6.45) is 0.352. The van der Waals surface area contributed by atoms with Crippen LogP contribution in [0.4, 0.5) is 10.1 Å². The number of para-hydroxylation sites is 1. The number of halogens is 1. The summed E-state index contributed by atoms with van der Waals surface area (Å²) in [5.41, 5.74) is -0.376. The summed E-state index contributed by atoms with van der Waals surface area (Å²) in [7, 11) is 0. The van der Waals surface area contributed by atoms with Crippen molar-refractivity contribution in [1.82, 2.24) is 5.32 Å². The molecule has 104 valence electrons. The molecule has 4 heteroatoms. The zero-order valence-corrected chi connectivity index (χ0v) is 12.0. The molecule has 0 saturated carbocycles. The van der Waals surface area contributed by atoms with Gasteiger partial charge in [-0.25, -0.2) is 4.39 Å². The Morgan fingerprint density at radius 3 is 2.47 bits per heavy atom. The minimum absolute atomic E-state index is 0.0508. The maximum Gasteiger partial charge on any atom is 0.229 e. The molecule has 19 heavy (non-hydrogen) atoms. The third-order valence-corrected chi connectivity index (χ3v) is 3.54. The number of anilines is 1. The van der Waals surface area contributed by atoms with Gasteiger partial charge in [0.1, 0.15) is 5.82 Å². The molecule has 1 heterocycles. The number of benzene rings is 1. The van der Waals surface area contributed by atoms with Crippen LogP contribution >= 0.6 is 0 Å². The van der Waals surface area contributed by atoms with Crippen molar-refractivity contribution < 1.29 is 9.18 Å². The Morgan fingerprint density at radius 1 is 1.21 bits per heavy atom. The molecule has 0 atom stereocenters. The molecular weight excluding hydrogens is 243 g/mol. The summed E-state index contributed by atoms with van der Waals surface area (Å²) in [4.78, 5) is 14.1. The van der Waals surface area contributed by atoms with Crippen molar-refractivity contribution in [2.45, 2.75) is 45.2 Å². The molecular formula is C15H21FN2O. The van der Waals surface area contributed by atoms with Crippen LogP contribution in [0.15, 0.2) is 24.3 Å². The molecule has 1 N–H and O–H groups in total. The zero-order valence-electron chi connectivity index (χ0n) is 12.0. The molecule has 0 radical (unpaired) electrons. The Morgan fingerprint density at radius 2 is 1.84 bits per heavy atom. The number of nitrogens with zero attached hydrogens (tertiary/aromatic N) is 1. The van der Waals surface area contributed by atoms with Gasteiger partial charge < -0.3 is 10.2 Å². The number of nitrogens with one attached hydrogen (secondary N) is 1. The van der Waals surface area contributed by atoms with E-state index in [1.165, 1.54) is 6.07 Å². The minimum atomic E-state index is -0.465. The molecule has 1 saturated heterocycles. The lowest BCUT2D eigenvalue weighted by molar-refractivity contribution is -0.120. The lowest BCUT2D eigenvalue weighted by Gasteiger charge is -2.37. The van der Waals surface area contributed by atoms with Crippen molar-refractivity contribution in [1.29, 1.82) is 0 Å². The van der Waals surface area contributed by atoms with E-state index >= 15 is 0 Å². The molecule has 1 amide bonds. The Hall–Kier alpha value is -1.42. The largest absolute Gasteiger partial charge is 0.309 e. The fraction of sp³-hybridized carbons (Fsp3) is 0.533. The summed E-state index contributed by atoms with van der Waals surface area (Å²) < 4.78 is 14.0. The number of rotatable bonds is 1. The minimum Gasteiger partial charge on any atom is -0.309 e. The number of amides is 1. The first-order valence-corrected chi connectivity index (χ1v) is 6.56. The number of carbonyl (C=O) groups excluding carboxylic acids is 1. The Labute approximate surface area is 113 Å². The van der Waals surface area contributed by atoms with E-state index in [1.54, 1.807) is 23.1 Å². The molecule has 1 aliphatic rings. The summed E-state index contributed by atoms with van der Waals surface area (Å²) >= 11 is 0. The third-order valence-electron chi connectivity index (χ3n) is 3.54. The Kier molecular flexibility index (Phi) is 3.39. The standard InChI is InChI=1S/C15H21FN2O/c1-14(2)9-13(19)18(15(3,4)10-17-14)12-8-6-5-7-11(12)16/h5-8,17H,9-10H2,1-4H3. The molecule has 2 rings (SSSR count). The van der Waals surface area contributed by atoms with E-state index in [2.05, 4.69) is 5.32 Å². The van der Waals surface area contributed by atoms with E-state index in [4.69, 9.17) is 0 Å². The fourth-order valence-corrected chi connectivity index (χ4v) is 2.49. The quantitative estimate of drug-likeness (QED) is 0.846. The van der Waals surface area contributed by atoms with Crippen LogP contribution in [-0.4, -0.2) is 23.5 Å². The lowest BCUT2D eigenvalue weighted by Crippen LogP contribution is -2.52. The van der Waals surface area contributed by atoms with Crippen LogP contribution in [0.25, 0.3) is 0 Å². The second kappa shape index (κ2) is 4.60. The van der Waals surface area contributed by atoms with E-state index in [0.29, 0.717) is 18.7 Å². The summed E-state index contributed by atoms with van der Waals surface area (Å²) in [6.45, 7) is 8.51. The van der Waals surface area contributed by atoms with Gasteiger partial charge in [0.15, 0.2) is 0 Å². The average molecular weight is 264 g/mol. The van der Waals surface area contributed by atoms with E-state index in [9.17, 15) is 9.18 Å². The topological polar surface area (TPSA) is 32.3 Å². The molecule has 0 unspecified atom stereocenters. The molecule has 0 aromatic heterocycles.